The SMILES string of the molecule is CC(OC(=O)C(C)(C)CC(C)(CC(C)(C)C(=O)Oc1ccc2c(ccc3ccccc32)c1)C(=O)OC1CC2CCC1C2)C(F)(F)F. The first-order chi connectivity index (χ1) is 21.4. The Morgan fingerprint density at radius 1 is 0.783 bits per heavy atom. The van der Waals surface area contributed by atoms with Crippen LogP contribution in [0.2, 0.25) is 0 Å². The summed E-state index contributed by atoms with van der Waals surface area (Å²) in [6.45, 7) is 8.59. The number of hydrogen-bond acceptors (Lipinski definition) is 6. The van der Waals surface area contributed by atoms with Gasteiger partial charge >= 0.3 is 24.1 Å². The molecular weight excluding hydrogens is 597 g/mol. The topological polar surface area (TPSA) is 78.9 Å². The van der Waals surface area contributed by atoms with Crippen LogP contribution in [0.3, 0.4) is 0 Å². The predicted molar refractivity (Wildman–Crippen MR) is 169 cm³/mol. The van der Waals surface area contributed by atoms with Crippen LogP contribution in [-0.2, 0) is 23.9 Å². The number of esters is 3. The summed E-state index contributed by atoms with van der Waals surface area (Å²) in [5, 5.41) is 4.09. The fourth-order valence-corrected chi connectivity index (χ4v) is 7.60. The molecule has 6 nitrogen and oxygen atoms in total. The van der Waals surface area contributed by atoms with E-state index in [0.29, 0.717) is 11.7 Å². The second-order valence-electron chi connectivity index (χ2n) is 14.9. The zero-order valence-electron chi connectivity index (χ0n) is 27.3. The molecule has 2 fully saturated rings. The molecule has 3 aromatic rings. The molecule has 46 heavy (non-hydrogen) atoms. The predicted octanol–water partition coefficient (Wildman–Crippen LogP) is 8.96. The van der Waals surface area contributed by atoms with Gasteiger partial charge in [-0.2, -0.15) is 13.2 Å². The smallest absolute Gasteiger partial charge is 0.425 e. The number of hydrogen-bond donors (Lipinski definition) is 0. The summed E-state index contributed by atoms with van der Waals surface area (Å²) < 4.78 is 56.3. The summed E-state index contributed by atoms with van der Waals surface area (Å²) in [4.78, 5) is 40.7. The molecule has 0 heterocycles. The van der Waals surface area contributed by atoms with Gasteiger partial charge in [0.1, 0.15) is 11.9 Å². The van der Waals surface area contributed by atoms with Crippen LogP contribution in [0.25, 0.3) is 21.5 Å². The molecule has 0 saturated heterocycles. The first-order valence-corrected chi connectivity index (χ1v) is 16.0. The average Bonchev–Trinajstić information content (AvgIpc) is 3.59. The van der Waals surface area contributed by atoms with Gasteiger partial charge in [0.2, 0.25) is 0 Å². The van der Waals surface area contributed by atoms with E-state index >= 15 is 0 Å². The Balaban J connectivity index is 1.37. The van der Waals surface area contributed by atoms with Crippen molar-refractivity contribution in [3.8, 4) is 5.75 Å². The zero-order valence-corrected chi connectivity index (χ0v) is 27.3. The fourth-order valence-electron chi connectivity index (χ4n) is 7.60. The van der Waals surface area contributed by atoms with Gasteiger partial charge in [0, 0.05) is 0 Å². The number of alkyl halides is 3. The molecule has 5 unspecified atom stereocenters. The van der Waals surface area contributed by atoms with Crippen LogP contribution in [0.4, 0.5) is 13.2 Å². The molecule has 3 aromatic carbocycles. The maximum Gasteiger partial charge on any atom is 0.425 e. The molecule has 0 aromatic heterocycles. The van der Waals surface area contributed by atoms with E-state index < -0.39 is 46.4 Å². The number of rotatable bonds is 10. The Morgan fingerprint density at radius 2 is 1.41 bits per heavy atom. The first-order valence-electron chi connectivity index (χ1n) is 16.0. The highest BCUT2D eigenvalue weighted by Gasteiger charge is 2.52. The fraction of sp³-hybridized carbons (Fsp3) is 0.541. The first kappa shape index (κ1) is 33.7. The van der Waals surface area contributed by atoms with Gasteiger partial charge in [0.25, 0.3) is 0 Å². The van der Waals surface area contributed by atoms with Crippen molar-refractivity contribution in [2.75, 3.05) is 0 Å². The van der Waals surface area contributed by atoms with Crippen LogP contribution in [0.15, 0.2) is 54.6 Å². The summed E-state index contributed by atoms with van der Waals surface area (Å²) in [6, 6.07) is 17.4. The van der Waals surface area contributed by atoms with Crippen LogP contribution < -0.4 is 4.74 Å². The third-order valence-electron chi connectivity index (χ3n) is 9.87. The molecular formula is C37H43F3O6. The maximum absolute atomic E-state index is 14.0. The van der Waals surface area contributed by atoms with Crippen LogP contribution in [0.1, 0.15) is 80.1 Å². The molecule has 2 bridgehead atoms. The van der Waals surface area contributed by atoms with Crippen LogP contribution >= 0.6 is 0 Å². The summed E-state index contributed by atoms with van der Waals surface area (Å²) in [5.74, 6) is -1.12. The van der Waals surface area contributed by atoms with Crippen molar-refractivity contribution >= 4 is 39.5 Å². The molecule has 0 aliphatic heterocycles. The van der Waals surface area contributed by atoms with E-state index in [1.54, 1.807) is 32.9 Å². The highest BCUT2D eigenvalue weighted by atomic mass is 19.4. The molecule has 248 valence electrons. The van der Waals surface area contributed by atoms with E-state index in [1.807, 2.05) is 42.5 Å². The molecule has 2 saturated carbocycles. The van der Waals surface area contributed by atoms with E-state index in [2.05, 4.69) is 0 Å². The van der Waals surface area contributed by atoms with Crippen LogP contribution in [0.5, 0.6) is 5.75 Å². The molecule has 2 aliphatic rings. The second kappa shape index (κ2) is 12.2. The summed E-state index contributed by atoms with van der Waals surface area (Å²) >= 11 is 0. The van der Waals surface area contributed by atoms with Crippen molar-refractivity contribution in [2.45, 2.75) is 98.5 Å². The Hall–Kier alpha value is -3.62. The molecule has 5 atom stereocenters. The third kappa shape index (κ3) is 7.03. The molecule has 0 amide bonds. The van der Waals surface area contributed by atoms with Gasteiger partial charge in [0.05, 0.1) is 16.2 Å². The lowest BCUT2D eigenvalue weighted by Gasteiger charge is -2.40. The average molecular weight is 641 g/mol. The Kier molecular flexibility index (Phi) is 8.94. The normalized spacial score (nSPS) is 22.0. The van der Waals surface area contributed by atoms with Gasteiger partial charge in [-0.1, -0.05) is 42.5 Å². The van der Waals surface area contributed by atoms with E-state index in [-0.39, 0.29) is 24.9 Å². The minimum absolute atomic E-state index is 0.0672. The van der Waals surface area contributed by atoms with Crippen molar-refractivity contribution < 1.29 is 41.8 Å². The summed E-state index contributed by atoms with van der Waals surface area (Å²) in [6.07, 6.45) is -3.69. The van der Waals surface area contributed by atoms with Gasteiger partial charge in [0.15, 0.2) is 6.10 Å². The summed E-state index contributed by atoms with van der Waals surface area (Å²) in [7, 11) is 0. The van der Waals surface area contributed by atoms with E-state index in [1.165, 1.54) is 13.8 Å². The van der Waals surface area contributed by atoms with Gasteiger partial charge < -0.3 is 14.2 Å². The number of ether oxygens (including phenoxy) is 3. The van der Waals surface area contributed by atoms with Gasteiger partial charge in [-0.25, -0.2) is 0 Å². The molecule has 5 rings (SSSR count). The highest BCUT2D eigenvalue weighted by molar-refractivity contribution is 6.07. The molecule has 9 heteroatoms. The van der Waals surface area contributed by atoms with Crippen molar-refractivity contribution in [3.05, 3.63) is 54.6 Å². The Labute approximate surface area is 267 Å². The number of fused-ring (bicyclic) bond motifs is 5. The lowest BCUT2D eigenvalue weighted by molar-refractivity contribution is -0.222. The van der Waals surface area contributed by atoms with E-state index in [4.69, 9.17) is 14.2 Å². The molecule has 0 radical (unpaired) electrons. The van der Waals surface area contributed by atoms with Crippen LogP contribution in [-0.4, -0.2) is 36.3 Å². The number of carbonyl (C=O) groups is 3. The van der Waals surface area contributed by atoms with Gasteiger partial charge in [-0.15, -0.1) is 0 Å². The number of halogens is 3. The number of carbonyl (C=O) groups excluding carboxylic acids is 3. The van der Waals surface area contributed by atoms with E-state index in [9.17, 15) is 27.6 Å². The monoisotopic (exact) mass is 640 g/mol. The quantitative estimate of drug-likeness (QED) is 0.125. The maximum atomic E-state index is 14.0. The summed E-state index contributed by atoms with van der Waals surface area (Å²) in [5.41, 5.74) is -4.15. The largest absolute Gasteiger partial charge is 0.462 e. The standard InChI is InChI=1S/C37H43F3O6/c1-22(37(38,39)40)44-31(41)34(2,3)20-36(6,33(43)46-30-18-23-11-12-26(30)17-23)21-35(4,5)32(42)45-27-15-16-29-25(19-27)14-13-24-9-7-8-10-28(24)29/h7-10,13-16,19,22-23,26,30H,11-12,17-18,20-21H2,1-6H3. The van der Waals surface area contributed by atoms with Gasteiger partial charge in [-0.3, -0.25) is 14.4 Å². The van der Waals surface area contributed by atoms with Crippen LogP contribution in [0, 0.1) is 28.1 Å². The Bertz CT molecular complexity index is 1640. The molecule has 0 spiro atoms. The van der Waals surface area contributed by atoms with Crippen molar-refractivity contribution in [1.29, 1.82) is 0 Å². The van der Waals surface area contributed by atoms with Crippen molar-refractivity contribution in [3.63, 3.8) is 0 Å². The van der Waals surface area contributed by atoms with Crippen molar-refractivity contribution in [2.24, 2.45) is 28.1 Å². The molecule has 2 aliphatic carbocycles. The Morgan fingerprint density at radius 3 is 2.04 bits per heavy atom. The lowest BCUT2D eigenvalue weighted by Crippen LogP contribution is -2.46. The highest BCUT2D eigenvalue weighted by Crippen LogP contribution is 2.49. The minimum Gasteiger partial charge on any atom is -0.462 e. The van der Waals surface area contributed by atoms with E-state index in [0.717, 1.165) is 54.2 Å². The van der Waals surface area contributed by atoms with Gasteiger partial charge in [-0.05, 0) is 126 Å². The zero-order chi connectivity index (χ0) is 33.7. The number of benzene rings is 3. The lowest BCUT2D eigenvalue weighted by atomic mass is 9.66. The molecule has 0 N–H and O–H groups in total. The minimum atomic E-state index is -4.72. The van der Waals surface area contributed by atoms with Crippen molar-refractivity contribution in [1.82, 2.24) is 0 Å². The third-order valence-corrected chi connectivity index (χ3v) is 9.87. The second-order valence-corrected chi connectivity index (χ2v) is 14.9.